The first kappa shape index (κ1) is 31.6. The Balaban J connectivity index is 0.000000587. The summed E-state index contributed by atoms with van der Waals surface area (Å²) in [5.74, 6) is -4.32. The van der Waals surface area contributed by atoms with Crippen molar-refractivity contribution >= 4 is 46.7 Å². The van der Waals surface area contributed by atoms with E-state index in [1.165, 1.54) is 21.9 Å². The van der Waals surface area contributed by atoms with Crippen molar-refractivity contribution in [3.8, 4) is 0 Å². The molecule has 4 rings (SSSR count). The van der Waals surface area contributed by atoms with Gasteiger partial charge in [-0.1, -0.05) is 29.3 Å². The van der Waals surface area contributed by atoms with Gasteiger partial charge < -0.3 is 14.9 Å². The molecule has 9 nitrogen and oxygen atoms in total. The van der Waals surface area contributed by atoms with E-state index in [0.717, 1.165) is 5.56 Å². The minimum absolute atomic E-state index is 0.122. The summed E-state index contributed by atoms with van der Waals surface area (Å²) in [6, 6.07) is 9.08. The Morgan fingerprint density at radius 3 is 2.20 bits per heavy atom. The Morgan fingerprint density at radius 2 is 1.63 bits per heavy atom. The zero-order valence-electron chi connectivity index (χ0n) is 21.5. The van der Waals surface area contributed by atoms with E-state index in [9.17, 15) is 31.9 Å². The lowest BCUT2D eigenvalue weighted by atomic mass is 10.0. The van der Waals surface area contributed by atoms with Crippen LogP contribution in [0.1, 0.15) is 32.7 Å². The van der Waals surface area contributed by atoms with Gasteiger partial charge in [0.2, 0.25) is 5.91 Å². The molecule has 0 bridgehead atoms. The highest BCUT2D eigenvalue weighted by Gasteiger charge is 2.38. The average molecular weight is 617 g/mol. The van der Waals surface area contributed by atoms with Gasteiger partial charge in [-0.2, -0.15) is 18.3 Å². The minimum Gasteiger partial charge on any atom is -0.475 e. The second-order valence-electron chi connectivity index (χ2n) is 8.94. The fourth-order valence-corrected chi connectivity index (χ4v) is 4.38. The number of hydrogen-bond acceptors (Lipinski definition) is 5. The van der Waals surface area contributed by atoms with Crippen molar-refractivity contribution in [3.63, 3.8) is 0 Å². The van der Waals surface area contributed by atoms with Crippen LogP contribution in [0.25, 0.3) is 0 Å². The lowest BCUT2D eigenvalue weighted by Gasteiger charge is -2.34. The van der Waals surface area contributed by atoms with Crippen LogP contribution in [0, 0.1) is 19.7 Å². The van der Waals surface area contributed by atoms with E-state index in [4.69, 9.17) is 33.1 Å². The van der Waals surface area contributed by atoms with Gasteiger partial charge in [0.25, 0.3) is 11.5 Å². The number of halogens is 6. The number of nitrogens with zero attached hydrogens (tertiary/aromatic N) is 3. The smallest absolute Gasteiger partial charge is 0.475 e. The molecular weight excluding hydrogens is 595 g/mol. The highest BCUT2D eigenvalue weighted by Crippen LogP contribution is 2.27. The molecule has 3 aromatic rings. The highest BCUT2D eigenvalue weighted by molar-refractivity contribution is 6.35. The molecule has 218 valence electrons. The van der Waals surface area contributed by atoms with Crippen LogP contribution in [0.5, 0.6) is 0 Å². The third kappa shape index (κ3) is 7.82. The van der Waals surface area contributed by atoms with Crippen LogP contribution in [0.3, 0.4) is 0 Å². The lowest BCUT2D eigenvalue weighted by molar-refractivity contribution is -0.192. The van der Waals surface area contributed by atoms with Crippen molar-refractivity contribution < 1.29 is 37.1 Å². The Labute approximate surface area is 240 Å². The molecule has 15 heteroatoms. The summed E-state index contributed by atoms with van der Waals surface area (Å²) < 4.78 is 46.3. The molecule has 1 aliphatic heterocycles. The summed E-state index contributed by atoms with van der Waals surface area (Å²) in [5, 5.41) is 14.5. The monoisotopic (exact) mass is 616 g/mol. The number of aromatic amines is 1. The second-order valence-corrected chi connectivity index (χ2v) is 9.82. The number of aromatic nitrogens is 2. The van der Waals surface area contributed by atoms with Crippen LogP contribution >= 0.6 is 23.2 Å². The molecule has 1 saturated heterocycles. The molecule has 2 amide bonds. The van der Waals surface area contributed by atoms with Gasteiger partial charge in [-0.15, -0.1) is 0 Å². The number of nitrogens with one attached hydrogen (secondary N) is 1. The molecule has 1 aromatic heterocycles. The molecule has 2 N–H and O–H groups in total. The number of piperazine rings is 1. The number of hydrogen-bond donors (Lipinski definition) is 2. The first-order valence-corrected chi connectivity index (χ1v) is 12.5. The normalized spacial score (nSPS) is 13.5. The molecule has 0 unspecified atom stereocenters. The molecule has 0 aliphatic carbocycles. The van der Waals surface area contributed by atoms with Crippen LogP contribution in [0.15, 0.2) is 41.2 Å². The van der Waals surface area contributed by atoms with E-state index in [2.05, 4.69) is 10.2 Å². The van der Waals surface area contributed by atoms with Crippen molar-refractivity contribution in [1.29, 1.82) is 0 Å². The summed E-state index contributed by atoms with van der Waals surface area (Å²) >= 11 is 12.1. The van der Waals surface area contributed by atoms with Gasteiger partial charge in [0.1, 0.15) is 12.4 Å². The van der Waals surface area contributed by atoms with Crippen molar-refractivity contribution in [1.82, 2.24) is 15.1 Å². The number of carboxylic acids is 1. The molecule has 1 aliphatic rings. The molecule has 0 radical (unpaired) electrons. The molecule has 0 atom stereocenters. The Bertz CT molecular complexity index is 1540. The number of aliphatic carboxylic acids is 1. The Kier molecular flexibility index (Phi) is 9.77. The largest absolute Gasteiger partial charge is 0.490 e. The van der Waals surface area contributed by atoms with Gasteiger partial charge in [-0.05, 0) is 55.3 Å². The fourth-order valence-electron chi connectivity index (χ4n) is 3.87. The lowest BCUT2D eigenvalue weighted by Crippen LogP contribution is -2.52. The first-order chi connectivity index (χ1) is 19.1. The van der Waals surface area contributed by atoms with Gasteiger partial charge >= 0.3 is 12.1 Å². The first-order valence-electron chi connectivity index (χ1n) is 11.8. The summed E-state index contributed by atoms with van der Waals surface area (Å²) in [6.07, 6.45) is -4.77. The zero-order valence-corrected chi connectivity index (χ0v) is 23.0. The molecule has 41 heavy (non-hydrogen) atoms. The van der Waals surface area contributed by atoms with E-state index < -0.39 is 23.9 Å². The van der Waals surface area contributed by atoms with Gasteiger partial charge in [-0.25, -0.2) is 14.3 Å². The van der Waals surface area contributed by atoms with Crippen molar-refractivity contribution in [2.24, 2.45) is 0 Å². The maximum atomic E-state index is 14.6. The standard InChI is InChI=1S/C24H21Cl2FN4O3.C2HF3O2/c1-13-14(2)23(33)29-28-21(13)8-15-3-4-20(27)19(7-15)24(34)30-5-6-31(22(32)12-30)18-10-16(25)9-17(26)11-18;3-2(4,5)1(6)7/h3-4,7,9-11H,5-6,8,12H2,1-2H3,(H,29,33);(H,6,7). The third-order valence-electron chi connectivity index (χ3n) is 6.17. The molecule has 2 heterocycles. The van der Waals surface area contributed by atoms with Crippen molar-refractivity contribution in [2.75, 3.05) is 24.5 Å². The Morgan fingerprint density at radius 1 is 1.02 bits per heavy atom. The fraction of sp³-hybridized carbons (Fsp3) is 0.269. The number of alkyl halides is 3. The van der Waals surface area contributed by atoms with Crippen LogP contribution in [0.2, 0.25) is 10.0 Å². The number of benzene rings is 2. The number of rotatable bonds is 4. The van der Waals surface area contributed by atoms with E-state index in [0.29, 0.717) is 39.0 Å². The molecule has 1 fully saturated rings. The van der Waals surface area contributed by atoms with Crippen LogP contribution < -0.4 is 10.5 Å². The van der Waals surface area contributed by atoms with Crippen LogP contribution in [0.4, 0.5) is 23.2 Å². The maximum absolute atomic E-state index is 14.6. The summed E-state index contributed by atoms with van der Waals surface area (Å²) in [4.78, 5) is 49.3. The van der Waals surface area contributed by atoms with E-state index in [1.807, 2.05) is 0 Å². The maximum Gasteiger partial charge on any atom is 0.490 e. The second kappa shape index (κ2) is 12.7. The summed E-state index contributed by atoms with van der Waals surface area (Å²) in [5.41, 5.74) is 2.74. The molecule has 0 saturated carbocycles. The van der Waals surface area contributed by atoms with E-state index >= 15 is 0 Å². The number of carboxylic acid groups (broad SMARTS) is 1. The quantitative estimate of drug-likeness (QED) is 0.415. The van der Waals surface area contributed by atoms with E-state index in [1.54, 1.807) is 38.1 Å². The summed E-state index contributed by atoms with van der Waals surface area (Å²) in [6.45, 7) is 3.74. The number of carbonyl (C=O) groups is 3. The third-order valence-corrected chi connectivity index (χ3v) is 6.61. The topological polar surface area (TPSA) is 124 Å². The minimum atomic E-state index is -5.08. The average Bonchev–Trinajstić information content (AvgIpc) is 2.88. The number of anilines is 1. The van der Waals surface area contributed by atoms with Gasteiger partial charge in [0, 0.05) is 40.8 Å². The number of carbonyl (C=O) groups excluding carboxylic acids is 2. The van der Waals surface area contributed by atoms with Gasteiger partial charge in [0.15, 0.2) is 0 Å². The molecule has 2 aromatic carbocycles. The molecule has 0 spiro atoms. The number of H-pyrrole nitrogens is 1. The molecular formula is C26H22Cl2F4N4O5. The van der Waals surface area contributed by atoms with Gasteiger partial charge in [0.05, 0.1) is 11.3 Å². The van der Waals surface area contributed by atoms with Crippen molar-refractivity contribution in [3.05, 3.63) is 90.6 Å². The summed E-state index contributed by atoms with van der Waals surface area (Å²) in [7, 11) is 0. The predicted molar refractivity (Wildman–Crippen MR) is 142 cm³/mol. The van der Waals surface area contributed by atoms with Crippen LogP contribution in [-0.4, -0.2) is 63.8 Å². The van der Waals surface area contributed by atoms with Crippen LogP contribution in [-0.2, 0) is 16.0 Å². The van der Waals surface area contributed by atoms with Gasteiger partial charge in [-0.3, -0.25) is 14.4 Å². The highest BCUT2D eigenvalue weighted by atomic mass is 35.5. The number of amides is 2. The van der Waals surface area contributed by atoms with Crippen molar-refractivity contribution in [2.45, 2.75) is 26.4 Å². The SMILES string of the molecule is Cc1c(Cc2ccc(F)c(C(=O)N3CCN(c4cc(Cl)cc(Cl)c4)C(=O)C3)c2)n[nH]c(=O)c1C.O=C(O)C(F)(F)F. The predicted octanol–water partition coefficient (Wildman–Crippen LogP) is 4.55. The Hall–Kier alpha value is -3.97. The zero-order chi connectivity index (χ0) is 30.6. The van der Waals surface area contributed by atoms with E-state index in [-0.39, 0.29) is 36.7 Å².